The number of halogens is 1. The molecule has 1 N–H and O–H groups in total. The quantitative estimate of drug-likeness (QED) is 0.867. The number of H-pyrrole nitrogens is 1. The minimum atomic E-state index is -4.04. The molecule has 0 aliphatic rings. The van der Waals surface area contributed by atoms with Crippen molar-refractivity contribution in [3.05, 3.63) is 30.2 Å². The Morgan fingerprint density at radius 1 is 1.43 bits per heavy atom. The molecule has 0 radical (unpaired) electrons. The summed E-state index contributed by atoms with van der Waals surface area (Å²) < 4.78 is 44.4. The molecule has 0 bridgehead atoms. The van der Waals surface area contributed by atoms with Crippen LogP contribution in [0.1, 0.15) is 6.92 Å². The molecular formula is C13H15FN2O4S. The highest BCUT2D eigenvalue weighted by Crippen LogP contribution is 2.28. The molecule has 8 heteroatoms. The third-order valence-corrected chi connectivity index (χ3v) is 5.32. The van der Waals surface area contributed by atoms with Gasteiger partial charge in [0.2, 0.25) is 10.0 Å². The fraction of sp³-hybridized carbons (Fsp3) is 0.308. The van der Waals surface area contributed by atoms with E-state index >= 15 is 0 Å². The van der Waals surface area contributed by atoms with Crippen molar-refractivity contribution in [3.8, 4) is 0 Å². The van der Waals surface area contributed by atoms with E-state index in [1.807, 2.05) is 0 Å². The number of carbonyl (C=O) groups is 1. The van der Waals surface area contributed by atoms with Crippen LogP contribution in [0.4, 0.5) is 4.39 Å². The van der Waals surface area contributed by atoms with E-state index in [-0.39, 0.29) is 10.3 Å². The van der Waals surface area contributed by atoms with Crippen LogP contribution in [-0.4, -0.2) is 43.9 Å². The number of rotatable bonds is 4. The number of ether oxygens (including phenoxy) is 1. The number of methoxy groups -OCH3 is 1. The second-order valence-corrected chi connectivity index (χ2v) is 6.50. The van der Waals surface area contributed by atoms with E-state index in [1.165, 1.54) is 39.4 Å². The zero-order chi connectivity index (χ0) is 15.8. The summed E-state index contributed by atoms with van der Waals surface area (Å²) in [5, 5.41) is -0.0265. The molecule has 0 saturated heterocycles. The second kappa shape index (κ2) is 5.45. The highest BCUT2D eigenvalue weighted by molar-refractivity contribution is 7.89. The van der Waals surface area contributed by atoms with Gasteiger partial charge in [-0.3, -0.25) is 4.79 Å². The fourth-order valence-corrected chi connectivity index (χ4v) is 3.48. The molecular weight excluding hydrogens is 299 g/mol. The molecule has 0 saturated carbocycles. The lowest BCUT2D eigenvalue weighted by molar-refractivity contribution is -0.144. The van der Waals surface area contributed by atoms with Gasteiger partial charge in [-0.15, -0.1) is 0 Å². The normalized spacial score (nSPS) is 13.6. The lowest BCUT2D eigenvalue weighted by atomic mass is 10.2. The van der Waals surface area contributed by atoms with E-state index in [9.17, 15) is 17.6 Å². The van der Waals surface area contributed by atoms with Crippen molar-refractivity contribution in [1.82, 2.24) is 9.29 Å². The number of benzene rings is 1. The van der Waals surface area contributed by atoms with Gasteiger partial charge in [-0.25, -0.2) is 12.8 Å². The van der Waals surface area contributed by atoms with Crippen LogP contribution >= 0.6 is 0 Å². The number of fused-ring (bicyclic) bond motifs is 1. The Bertz CT molecular complexity index is 785. The number of sulfonamides is 1. The fourth-order valence-electron chi connectivity index (χ4n) is 2.00. The molecule has 6 nitrogen and oxygen atoms in total. The van der Waals surface area contributed by atoms with E-state index in [0.29, 0.717) is 5.52 Å². The van der Waals surface area contributed by atoms with Gasteiger partial charge in [-0.1, -0.05) is 6.07 Å². The minimum absolute atomic E-state index is 0.0265. The predicted octanol–water partition coefficient (Wildman–Crippen LogP) is 1.49. The third-order valence-electron chi connectivity index (χ3n) is 3.36. The molecule has 1 atom stereocenters. The Hall–Kier alpha value is -1.93. The van der Waals surface area contributed by atoms with Gasteiger partial charge in [0.25, 0.3) is 0 Å². The van der Waals surface area contributed by atoms with Crippen LogP contribution in [0.2, 0.25) is 0 Å². The van der Waals surface area contributed by atoms with Crippen LogP contribution in [-0.2, 0) is 19.6 Å². The number of carbonyl (C=O) groups excluding carboxylic acids is 1. The van der Waals surface area contributed by atoms with E-state index in [2.05, 4.69) is 9.72 Å². The van der Waals surface area contributed by atoms with Gasteiger partial charge in [-0.2, -0.15) is 4.31 Å². The molecule has 0 spiro atoms. The molecule has 1 heterocycles. The van der Waals surface area contributed by atoms with Crippen molar-refractivity contribution in [2.45, 2.75) is 17.9 Å². The van der Waals surface area contributed by atoms with Crippen molar-refractivity contribution < 1.29 is 22.3 Å². The maximum absolute atomic E-state index is 13.9. The molecule has 0 aliphatic carbocycles. The predicted molar refractivity (Wildman–Crippen MR) is 74.7 cm³/mol. The first-order valence-electron chi connectivity index (χ1n) is 6.12. The minimum Gasteiger partial charge on any atom is -0.468 e. The average Bonchev–Trinajstić information content (AvgIpc) is 2.90. The summed E-state index contributed by atoms with van der Waals surface area (Å²) in [7, 11) is -1.62. The molecule has 0 amide bonds. The number of hydrogen-bond donors (Lipinski definition) is 1. The lowest BCUT2D eigenvalue weighted by Crippen LogP contribution is -2.40. The highest BCUT2D eigenvalue weighted by Gasteiger charge is 2.32. The molecule has 1 aromatic heterocycles. The summed E-state index contributed by atoms with van der Waals surface area (Å²) in [6, 6.07) is 3.21. The van der Waals surface area contributed by atoms with Gasteiger partial charge >= 0.3 is 5.97 Å². The van der Waals surface area contributed by atoms with Crippen LogP contribution < -0.4 is 0 Å². The first-order chi connectivity index (χ1) is 9.80. The van der Waals surface area contributed by atoms with E-state index in [1.54, 1.807) is 6.07 Å². The Labute approximate surface area is 121 Å². The summed E-state index contributed by atoms with van der Waals surface area (Å²) in [5.74, 6) is -1.34. The molecule has 2 rings (SSSR count). The summed E-state index contributed by atoms with van der Waals surface area (Å²) in [5.41, 5.74) is 0.368. The second-order valence-electron chi connectivity index (χ2n) is 4.54. The Morgan fingerprint density at radius 2 is 2.10 bits per heavy atom. The number of aromatic amines is 1. The average molecular weight is 314 g/mol. The maximum Gasteiger partial charge on any atom is 0.323 e. The Balaban J connectivity index is 2.55. The summed E-state index contributed by atoms with van der Waals surface area (Å²) in [6.07, 6.45) is 1.21. The number of aromatic nitrogens is 1. The number of likely N-dealkylation sites (N-methyl/N-ethyl adjacent to an activating group) is 1. The van der Waals surface area contributed by atoms with Gasteiger partial charge < -0.3 is 9.72 Å². The molecule has 21 heavy (non-hydrogen) atoms. The number of hydrogen-bond acceptors (Lipinski definition) is 4. The highest BCUT2D eigenvalue weighted by atomic mass is 32.2. The molecule has 2 aromatic rings. The van der Waals surface area contributed by atoms with Crippen molar-refractivity contribution in [3.63, 3.8) is 0 Å². The smallest absolute Gasteiger partial charge is 0.323 e. The summed E-state index contributed by atoms with van der Waals surface area (Å²) in [4.78, 5) is 14.0. The van der Waals surface area contributed by atoms with E-state index in [0.717, 1.165) is 4.31 Å². The maximum atomic E-state index is 13.9. The van der Waals surface area contributed by atoms with Gasteiger partial charge in [-0.05, 0) is 19.1 Å². The van der Waals surface area contributed by atoms with Gasteiger partial charge in [0.1, 0.15) is 16.8 Å². The zero-order valence-electron chi connectivity index (χ0n) is 11.8. The monoisotopic (exact) mass is 314 g/mol. The van der Waals surface area contributed by atoms with Gasteiger partial charge in [0, 0.05) is 18.8 Å². The molecule has 1 aromatic carbocycles. The summed E-state index contributed by atoms with van der Waals surface area (Å²) >= 11 is 0. The molecule has 114 valence electrons. The first kappa shape index (κ1) is 15.5. The van der Waals surface area contributed by atoms with Crippen LogP contribution in [0.3, 0.4) is 0 Å². The van der Waals surface area contributed by atoms with Crippen LogP contribution in [0, 0.1) is 5.82 Å². The molecule has 0 fully saturated rings. The van der Waals surface area contributed by atoms with E-state index < -0.39 is 27.9 Å². The van der Waals surface area contributed by atoms with Crippen LogP contribution in [0.25, 0.3) is 10.9 Å². The van der Waals surface area contributed by atoms with Crippen molar-refractivity contribution in [2.75, 3.05) is 14.2 Å². The zero-order valence-corrected chi connectivity index (χ0v) is 12.6. The van der Waals surface area contributed by atoms with Crippen molar-refractivity contribution >= 4 is 26.9 Å². The molecule has 0 unspecified atom stereocenters. The lowest BCUT2D eigenvalue weighted by Gasteiger charge is -2.21. The standard InChI is InChI=1S/C13H15FN2O4S/c1-8(13(17)20-3)16(2)21(18,19)11-7-15-10-6-4-5-9(14)12(10)11/h4-8,15H,1-3H3/t8-/m1/s1. The van der Waals surface area contributed by atoms with Crippen molar-refractivity contribution in [2.24, 2.45) is 0 Å². The summed E-state index contributed by atoms with van der Waals surface area (Å²) in [6.45, 7) is 1.40. The van der Waals surface area contributed by atoms with Crippen LogP contribution in [0.5, 0.6) is 0 Å². The third kappa shape index (κ3) is 2.52. The van der Waals surface area contributed by atoms with Crippen molar-refractivity contribution in [1.29, 1.82) is 0 Å². The number of esters is 1. The van der Waals surface area contributed by atoms with Gasteiger partial charge in [0.15, 0.2) is 0 Å². The van der Waals surface area contributed by atoms with Gasteiger partial charge in [0.05, 0.1) is 12.5 Å². The largest absolute Gasteiger partial charge is 0.468 e. The molecule has 0 aliphatic heterocycles. The SMILES string of the molecule is COC(=O)[C@@H](C)N(C)S(=O)(=O)c1c[nH]c2cccc(F)c12. The topological polar surface area (TPSA) is 79.5 Å². The Morgan fingerprint density at radius 3 is 2.71 bits per heavy atom. The van der Waals surface area contributed by atoms with Crippen LogP contribution in [0.15, 0.2) is 29.3 Å². The number of nitrogens with one attached hydrogen (secondary N) is 1. The number of nitrogens with zero attached hydrogens (tertiary/aromatic N) is 1. The first-order valence-corrected chi connectivity index (χ1v) is 7.56. The van der Waals surface area contributed by atoms with E-state index in [4.69, 9.17) is 0 Å². The Kier molecular flexibility index (Phi) is 4.02.